The van der Waals surface area contributed by atoms with E-state index in [1.807, 2.05) is 12.1 Å². The first kappa shape index (κ1) is 16.6. The van der Waals surface area contributed by atoms with Crippen molar-refractivity contribution in [2.75, 3.05) is 6.54 Å². The van der Waals surface area contributed by atoms with Crippen LogP contribution < -0.4 is 5.32 Å². The van der Waals surface area contributed by atoms with E-state index in [2.05, 4.69) is 33.1 Å². The van der Waals surface area contributed by atoms with Gasteiger partial charge in [0.1, 0.15) is 5.58 Å². The fourth-order valence-corrected chi connectivity index (χ4v) is 3.78. The van der Waals surface area contributed by atoms with Crippen molar-refractivity contribution < 1.29 is 9.21 Å². The van der Waals surface area contributed by atoms with E-state index >= 15 is 0 Å². The number of amides is 1. The Bertz CT molecular complexity index is 970. The van der Waals surface area contributed by atoms with Crippen molar-refractivity contribution in [1.82, 2.24) is 20.0 Å². The van der Waals surface area contributed by atoms with Gasteiger partial charge in [-0.25, -0.2) is 0 Å². The summed E-state index contributed by atoms with van der Waals surface area (Å²) in [7, 11) is 0. The van der Waals surface area contributed by atoms with Crippen LogP contribution in [0, 0.1) is 0 Å². The van der Waals surface area contributed by atoms with Crippen LogP contribution in [0.5, 0.6) is 0 Å². The Morgan fingerprint density at radius 1 is 1.22 bits per heavy atom. The third-order valence-corrected chi connectivity index (χ3v) is 5.40. The van der Waals surface area contributed by atoms with Crippen molar-refractivity contribution in [1.29, 1.82) is 0 Å². The zero-order valence-corrected chi connectivity index (χ0v) is 15.4. The molecule has 1 aliphatic carbocycles. The number of aromatic nitrogens is 2. The van der Waals surface area contributed by atoms with Crippen LogP contribution in [0.15, 0.2) is 41.0 Å². The number of rotatable bonds is 6. The van der Waals surface area contributed by atoms with Gasteiger partial charge in [0, 0.05) is 43.9 Å². The summed E-state index contributed by atoms with van der Waals surface area (Å²) in [5.74, 6) is 0.153. The number of nitrogens with zero attached hydrogens (tertiary/aromatic N) is 3. The Labute approximate surface area is 158 Å². The lowest BCUT2D eigenvalue weighted by molar-refractivity contribution is -0.121. The summed E-state index contributed by atoms with van der Waals surface area (Å²) < 4.78 is 7.52. The third kappa shape index (κ3) is 3.76. The van der Waals surface area contributed by atoms with Gasteiger partial charge in [0.05, 0.1) is 24.2 Å². The van der Waals surface area contributed by atoms with Gasteiger partial charge in [0.25, 0.3) is 0 Å². The van der Waals surface area contributed by atoms with Gasteiger partial charge in [-0.1, -0.05) is 6.07 Å². The summed E-state index contributed by atoms with van der Waals surface area (Å²) >= 11 is 0. The quantitative estimate of drug-likeness (QED) is 0.731. The van der Waals surface area contributed by atoms with E-state index in [0.29, 0.717) is 12.5 Å². The van der Waals surface area contributed by atoms with Crippen LogP contribution in [0.3, 0.4) is 0 Å². The lowest BCUT2D eigenvalue weighted by atomic mass is 10.1. The first-order valence-corrected chi connectivity index (χ1v) is 9.76. The van der Waals surface area contributed by atoms with Gasteiger partial charge < -0.3 is 9.73 Å². The lowest BCUT2D eigenvalue weighted by Crippen LogP contribution is -2.33. The van der Waals surface area contributed by atoms with Gasteiger partial charge in [-0.3, -0.25) is 14.4 Å². The third-order valence-electron chi connectivity index (χ3n) is 5.40. The molecule has 0 unspecified atom stereocenters. The number of hydrogen-bond acceptors (Lipinski definition) is 4. The van der Waals surface area contributed by atoms with Crippen LogP contribution >= 0.6 is 0 Å². The van der Waals surface area contributed by atoms with E-state index in [1.165, 1.54) is 11.3 Å². The van der Waals surface area contributed by atoms with Crippen molar-refractivity contribution in [3.63, 3.8) is 0 Å². The van der Waals surface area contributed by atoms with E-state index < -0.39 is 0 Å². The van der Waals surface area contributed by atoms with E-state index in [9.17, 15) is 4.79 Å². The number of benzene rings is 1. The SMILES string of the molecule is O=C(CCc1cc2n(n1)CCN(Cc1ccc3occc3c1)C2)NC1CC1. The maximum atomic E-state index is 11.9. The predicted octanol–water partition coefficient (Wildman–Crippen LogP) is 2.86. The molecule has 0 radical (unpaired) electrons. The second-order valence-corrected chi connectivity index (χ2v) is 7.70. The Morgan fingerprint density at radius 2 is 2.15 bits per heavy atom. The van der Waals surface area contributed by atoms with E-state index in [4.69, 9.17) is 9.52 Å². The molecule has 0 atom stereocenters. The highest BCUT2D eigenvalue weighted by Crippen LogP contribution is 2.21. The number of carbonyl (C=O) groups is 1. The highest BCUT2D eigenvalue weighted by atomic mass is 16.3. The van der Waals surface area contributed by atoms with Gasteiger partial charge in [-0.2, -0.15) is 5.10 Å². The second-order valence-electron chi connectivity index (χ2n) is 7.70. The summed E-state index contributed by atoms with van der Waals surface area (Å²) in [6.07, 6.45) is 5.25. The molecule has 1 saturated carbocycles. The van der Waals surface area contributed by atoms with Crippen molar-refractivity contribution in [3.8, 4) is 0 Å². The average Bonchev–Trinajstić information content (AvgIpc) is 3.19. The van der Waals surface area contributed by atoms with Crippen LogP contribution in [0.1, 0.15) is 36.2 Å². The molecule has 2 aromatic heterocycles. The van der Waals surface area contributed by atoms with Crippen LogP contribution in [0.4, 0.5) is 0 Å². The summed E-state index contributed by atoms with van der Waals surface area (Å²) in [6, 6.07) is 11.0. The summed E-state index contributed by atoms with van der Waals surface area (Å²) in [5.41, 5.74) is 4.50. The number of carbonyl (C=O) groups excluding carboxylic acids is 1. The van der Waals surface area contributed by atoms with Crippen LogP contribution in [-0.2, 0) is 30.8 Å². The Kier molecular flexibility index (Phi) is 4.20. The largest absolute Gasteiger partial charge is 0.464 e. The maximum Gasteiger partial charge on any atom is 0.220 e. The Balaban J connectivity index is 1.20. The predicted molar refractivity (Wildman–Crippen MR) is 102 cm³/mol. The van der Waals surface area contributed by atoms with E-state index in [1.54, 1.807) is 6.26 Å². The topological polar surface area (TPSA) is 63.3 Å². The molecule has 1 aliphatic heterocycles. The first-order valence-electron chi connectivity index (χ1n) is 9.76. The molecule has 6 nitrogen and oxygen atoms in total. The van der Waals surface area contributed by atoms with Crippen LogP contribution in [0.25, 0.3) is 11.0 Å². The minimum absolute atomic E-state index is 0.153. The van der Waals surface area contributed by atoms with Crippen molar-refractivity contribution in [3.05, 3.63) is 53.5 Å². The number of nitrogens with one attached hydrogen (secondary N) is 1. The standard InChI is InChI=1S/C21H24N4O2/c26-21(22-17-2-3-17)6-4-18-12-19-14-24(8-9-25(19)23-18)13-15-1-5-20-16(11-15)7-10-27-20/h1,5,7,10-12,17H,2-4,6,8-9,13-14H2,(H,22,26). The average molecular weight is 364 g/mol. The summed E-state index contributed by atoms with van der Waals surface area (Å²) in [4.78, 5) is 14.3. The van der Waals surface area contributed by atoms with Crippen molar-refractivity contribution in [2.24, 2.45) is 0 Å². The van der Waals surface area contributed by atoms with Gasteiger partial charge in [-0.05, 0) is 42.7 Å². The molecule has 5 rings (SSSR count). The zero-order chi connectivity index (χ0) is 18.2. The Hall–Kier alpha value is -2.60. The molecule has 2 aliphatic rings. The van der Waals surface area contributed by atoms with Gasteiger partial charge in [0.15, 0.2) is 0 Å². The van der Waals surface area contributed by atoms with Crippen molar-refractivity contribution >= 4 is 16.9 Å². The number of furan rings is 1. The summed E-state index contributed by atoms with van der Waals surface area (Å²) in [5, 5.41) is 8.89. The fourth-order valence-electron chi connectivity index (χ4n) is 3.78. The van der Waals surface area contributed by atoms with Gasteiger partial charge >= 0.3 is 0 Å². The maximum absolute atomic E-state index is 11.9. The molecular weight excluding hydrogens is 340 g/mol. The molecular formula is C21H24N4O2. The van der Waals surface area contributed by atoms with Crippen LogP contribution in [0.2, 0.25) is 0 Å². The van der Waals surface area contributed by atoms with E-state index in [0.717, 1.165) is 62.1 Å². The smallest absolute Gasteiger partial charge is 0.220 e. The first-order chi connectivity index (χ1) is 13.2. The van der Waals surface area contributed by atoms with Gasteiger partial charge in [0.2, 0.25) is 5.91 Å². The molecule has 3 heterocycles. The summed E-state index contributed by atoms with van der Waals surface area (Å²) in [6.45, 7) is 3.70. The molecule has 1 N–H and O–H groups in total. The minimum atomic E-state index is 0.153. The Morgan fingerprint density at radius 3 is 3.04 bits per heavy atom. The number of fused-ring (bicyclic) bond motifs is 2. The highest BCUT2D eigenvalue weighted by Gasteiger charge is 2.23. The molecule has 1 amide bonds. The number of hydrogen-bond donors (Lipinski definition) is 1. The molecule has 3 aromatic rings. The highest BCUT2D eigenvalue weighted by molar-refractivity contribution is 5.77. The molecule has 1 aromatic carbocycles. The normalized spacial score (nSPS) is 17.2. The molecule has 27 heavy (non-hydrogen) atoms. The molecule has 0 spiro atoms. The monoisotopic (exact) mass is 364 g/mol. The number of aryl methyl sites for hydroxylation is 1. The molecule has 6 heteroatoms. The molecule has 0 bridgehead atoms. The zero-order valence-electron chi connectivity index (χ0n) is 15.4. The molecule has 140 valence electrons. The molecule has 0 saturated heterocycles. The van der Waals surface area contributed by atoms with E-state index in [-0.39, 0.29) is 5.91 Å². The minimum Gasteiger partial charge on any atom is -0.464 e. The fraction of sp³-hybridized carbons (Fsp3) is 0.429. The second kappa shape index (κ2) is 6.85. The van der Waals surface area contributed by atoms with Crippen LogP contribution in [-0.4, -0.2) is 33.2 Å². The molecule has 1 fully saturated rings. The lowest BCUT2D eigenvalue weighted by Gasteiger charge is -2.27. The van der Waals surface area contributed by atoms with Gasteiger partial charge in [-0.15, -0.1) is 0 Å². The van der Waals surface area contributed by atoms with Crippen molar-refractivity contribution in [2.45, 2.75) is 51.4 Å².